The summed E-state index contributed by atoms with van der Waals surface area (Å²) in [7, 11) is 0. The summed E-state index contributed by atoms with van der Waals surface area (Å²) in [5.41, 5.74) is 0. The van der Waals surface area contributed by atoms with Crippen molar-refractivity contribution in [3.8, 4) is 0 Å². The van der Waals surface area contributed by atoms with E-state index < -0.39 is 80.7 Å². The standard InChI is InChI=1S/C55H106O14/c1-3-5-7-9-11-13-15-17-19-20-21-22-23-24-25-26-28-30-32-34-36-38-47(57)67-44(41-64-39-37-35-33-31-29-27-18-16-14-12-10-8-6-4-2)42-65-54-53(63)51(61)49(59)46(69-54)43-66-55-52(62)50(60)48(58)45(40-56)68-55/h44-46,48-56,58-63H,3-43H2,1-2H3. The van der Waals surface area contributed by atoms with Crippen molar-refractivity contribution >= 4 is 5.97 Å². The molecule has 0 aliphatic carbocycles. The first kappa shape index (κ1) is 64.1. The first-order valence-corrected chi connectivity index (χ1v) is 28.6. The molecule has 0 aromatic rings. The van der Waals surface area contributed by atoms with Gasteiger partial charge in [0.25, 0.3) is 0 Å². The Balaban J connectivity index is 1.70. The minimum atomic E-state index is -1.70. The molecule has 2 aliphatic heterocycles. The lowest BCUT2D eigenvalue weighted by Gasteiger charge is -2.42. The largest absolute Gasteiger partial charge is 0.457 e. The molecule has 0 aromatic heterocycles. The maximum absolute atomic E-state index is 13.1. The normalized spacial score (nSPS) is 25.6. The number of hydrogen-bond donors (Lipinski definition) is 7. The van der Waals surface area contributed by atoms with Crippen LogP contribution in [0.25, 0.3) is 0 Å². The molecule has 2 saturated heterocycles. The predicted molar refractivity (Wildman–Crippen MR) is 271 cm³/mol. The summed E-state index contributed by atoms with van der Waals surface area (Å²) in [5.74, 6) is -0.368. The van der Waals surface area contributed by atoms with Crippen LogP contribution in [0.1, 0.15) is 245 Å². The van der Waals surface area contributed by atoms with Gasteiger partial charge in [0.05, 0.1) is 26.4 Å². The highest BCUT2D eigenvalue weighted by Gasteiger charge is 2.47. The lowest BCUT2D eigenvalue weighted by molar-refractivity contribution is -0.332. The van der Waals surface area contributed by atoms with Crippen LogP contribution >= 0.6 is 0 Å². The van der Waals surface area contributed by atoms with Gasteiger partial charge in [0, 0.05) is 13.0 Å². The molecule has 14 nitrogen and oxygen atoms in total. The van der Waals surface area contributed by atoms with E-state index in [1.54, 1.807) is 0 Å². The van der Waals surface area contributed by atoms with E-state index in [1.807, 2.05) is 0 Å². The number of aliphatic hydroxyl groups is 7. The van der Waals surface area contributed by atoms with Crippen molar-refractivity contribution in [2.45, 2.75) is 313 Å². The fourth-order valence-electron chi connectivity index (χ4n) is 9.46. The monoisotopic (exact) mass is 991 g/mol. The van der Waals surface area contributed by atoms with Crippen molar-refractivity contribution in [2.24, 2.45) is 0 Å². The zero-order valence-corrected chi connectivity index (χ0v) is 43.8. The molecule has 0 radical (unpaired) electrons. The topological polar surface area (TPSA) is 214 Å². The summed E-state index contributed by atoms with van der Waals surface area (Å²) in [6.45, 7) is 3.75. The van der Waals surface area contributed by atoms with Crippen molar-refractivity contribution in [2.75, 3.05) is 33.0 Å². The SMILES string of the molecule is CCCCCCCCCCCCCCCCCCCCCCCC(=O)OC(COCCCCCCCCCCCCCCCC)COC1OC(COC2OC(CO)C(O)C(O)C2O)C(O)C(O)C1O. The van der Waals surface area contributed by atoms with Crippen LogP contribution in [-0.2, 0) is 33.2 Å². The van der Waals surface area contributed by atoms with E-state index in [2.05, 4.69) is 13.8 Å². The van der Waals surface area contributed by atoms with Gasteiger partial charge in [0.2, 0.25) is 0 Å². The lowest BCUT2D eigenvalue weighted by Crippen LogP contribution is -2.61. The number of rotatable bonds is 47. The minimum Gasteiger partial charge on any atom is -0.457 e. The molecule has 0 amide bonds. The third-order valence-electron chi connectivity index (χ3n) is 14.1. The Morgan fingerprint density at radius 2 is 0.768 bits per heavy atom. The quantitative estimate of drug-likeness (QED) is 0.0223. The Bertz CT molecular complexity index is 1150. The fraction of sp³-hybridized carbons (Fsp3) is 0.982. The molecule has 410 valence electrons. The molecule has 2 heterocycles. The van der Waals surface area contributed by atoms with Gasteiger partial charge in [-0.2, -0.15) is 0 Å². The highest BCUT2D eigenvalue weighted by Crippen LogP contribution is 2.27. The van der Waals surface area contributed by atoms with E-state index >= 15 is 0 Å². The average Bonchev–Trinajstić information content (AvgIpc) is 3.35. The van der Waals surface area contributed by atoms with Gasteiger partial charge in [-0.25, -0.2) is 0 Å². The summed E-state index contributed by atoms with van der Waals surface area (Å²) >= 11 is 0. The van der Waals surface area contributed by atoms with Crippen LogP contribution in [-0.4, -0.2) is 142 Å². The van der Waals surface area contributed by atoms with E-state index in [0.717, 1.165) is 44.9 Å². The Hall–Kier alpha value is -1.01. The number of hydrogen-bond acceptors (Lipinski definition) is 14. The van der Waals surface area contributed by atoms with Crippen LogP contribution in [0, 0.1) is 0 Å². The van der Waals surface area contributed by atoms with Gasteiger partial charge in [-0.05, 0) is 12.8 Å². The van der Waals surface area contributed by atoms with Crippen molar-refractivity contribution < 1.29 is 69.0 Å². The van der Waals surface area contributed by atoms with E-state index in [-0.39, 0.29) is 25.6 Å². The maximum atomic E-state index is 13.1. The molecule has 14 heteroatoms. The summed E-state index contributed by atoms with van der Waals surface area (Å²) in [5, 5.41) is 72.2. The molecule has 11 atom stereocenters. The van der Waals surface area contributed by atoms with Crippen LogP contribution < -0.4 is 0 Å². The Morgan fingerprint density at radius 3 is 1.17 bits per heavy atom. The molecule has 69 heavy (non-hydrogen) atoms. The zero-order valence-electron chi connectivity index (χ0n) is 43.8. The number of unbranched alkanes of at least 4 members (excludes halogenated alkanes) is 33. The molecular formula is C55H106O14. The van der Waals surface area contributed by atoms with Gasteiger partial charge in [-0.1, -0.05) is 226 Å². The summed E-state index contributed by atoms with van der Waals surface area (Å²) < 4.78 is 34.4. The van der Waals surface area contributed by atoms with E-state index in [1.165, 1.54) is 180 Å². The van der Waals surface area contributed by atoms with Gasteiger partial charge < -0.3 is 64.2 Å². The molecule has 2 aliphatic rings. The predicted octanol–water partition coefficient (Wildman–Crippen LogP) is 9.64. The minimum absolute atomic E-state index is 0.0706. The summed E-state index contributed by atoms with van der Waals surface area (Å²) in [6, 6.07) is 0. The Kier molecular flexibility index (Phi) is 40.3. The average molecular weight is 991 g/mol. The first-order valence-electron chi connectivity index (χ1n) is 28.6. The summed E-state index contributed by atoms with van der Waals surface area (Å²) in [4.78, 5) is 13.1. The first-order chi connectivity index (χ1) is 33.6. The highest BCUT2D eigenvalue weighted by atomic mass is 16.7. The number of ether oxygens (including phenoxy) is 6. The molecule has 7 N–H and O–H groups in total. The smallest absolute Gasteiger partial charge is 0.306 e. The molecule has 0 bridgehead atoms. The molecule has 0 saturated carbocycles. The van der Waals surface area contributed by atoms with Crippen LogP contribution in [0.2, 0.25) is 0 Å². The Morgan fingerprint density at radius 1 is 0.420 bits per heavy atom. The van der Waals surface area contributed by atoms with Crippen molar-refractivity contribution in [3.63, 3.8) is 0 Å². The number of carbonyl (C=O) groups excluding carboxylic acids is 1. The number of esters is 1. The molecule has 11 unspecified atom stereocenters. The van der Waals surface area contributed by atoms with Gasteiger partial charge >= 0.3 is 5.97 Å². The fourth-order valence-corrected chi connectivity index (χ4v) is 9.46. The van der Waals surface area contributed by atoms with Crippen molar-refractivity contribution in [1.29, 1.82) is 0 Å². The second kappa shape index (κ2) is 43.4. The zero-order chi connectivity index (χ0) is 50.2. The lowest BCUT2D eigenvalue weighted by atomic mass is 9.98. The second-order valence-electron chi connectivity index (χ2n) is 20.5. The van der Waals surface area contributed by atoms with Gasteiger partial charge in [0.15, 0.2) is 12.6 Å². The van der Waals surface area contributed by atoms with Crippen LogP contribution in [0.5, 0.6) is 0 Å². The van der Waals surface area contributed by atoms with Crippen LogP contribution in [0.3, 0.4) is 0 Å². The van der Waals surface area contributed by atoms with Crippen LogP contribution in [0.4, 0.5) is 0 Å². The molecule has 0 spiro atoms. The van der Waals surface area contributed by atoms with Crippen molar-refractivity contribution in [3.05, 3.63) is 0 Å². The van der Waals surface area contributed by atoms with Gasteiger partial charge in [0.1, 0.15) is 54.9 Å². The van der Waals surface area contributed by atoms with E-state index in [9.17, 15) is 40.5 Å². The second-order valence-corrected chi connectivity index (χ2v) is 20.5. The summed E-state index contributed by atoms with van der Waals surface area (Å²) in [6.07, 6.45) is 28.8. The molecular weight excluding hydrogens is 885 g/mol. The maximum Gasteiger partial charge on any atom is 0.306 e. The van der Waals surface area contributed by atoms with Gasteiger partial charge in [-0.3, -0.25) is 4.79 Å². The molecule has 2 fully saturated rings. The van der Waals surface area contributed by atoms with Crippen LogP contribution in [0.15, 0.2) is 0 Å². The number of carbonyl (C=O) groups is 1. The van der Waals surface area contributed by atoms with E-state index in [4.69, 9.17) is 28.4 Å². The van der Waals surface area contributed by atoms with E-state index in [0.29, 0.717) is 6.61 Å². The highest BCUT2D eigenvalue weighted by molar-refractivity contribution is 5.69. The van der Waals surface area contributed by atoms with Gasteiger partial charge in [-0.15, -0.1) is 0 Å². The molecule has 2 rings (SSSR count). The third-order valence-corrected chi connectivity index (χ3v) is 14.1. The number of aliphatic hydroxyl groups excluding tert-OH is 7. The third kappa shape index (κ3) is 30.7. The molecule has 0 aromatic carbocycles. The van der Waals surface area contributed by atoms with Crippen molar-refractivity contribution in [1.82, 2.24) is 0 Å². The Labute approximate surface area is 419 Å².